The second-order valence-electron chi connectivity index (χ2n) is 5.86. The molecule has 0 aliphatic carbocycles. The largest absolute Gasteiger partial charge is 0.397 e. The molecule has 0 radical (unpaired) electrons. The van der Waals surface area contributed by atoms with Crippen LogP contribution in [-0.4, -0.2) is 5.78 Å². The van der Waals surface area contributed by atoms with Gasteiger partial charge < -0.3 is 5.73 Å². The van der Waals surface area contributed by atoms with Gasteiger partial charge in [-0.1, -0.05) is 62.7 Å². The van der Waals surface area contributed by atoms with Gasteiger partial charge in [-0.15, -0.1) is 0 Å². The number of benzene rings is 2. The van der Waals surface area contributed by atoms with E-state index in [1.807, 2.05) is 24.3 Å². The van der Waals surface area contributed by atoms with Gasteiger partial charge in [-0.05, 0) is 23.1 Å². The van der Waals surface area contributed by atoms with Gasteiger partial charge in [-0.3, -0.25) is 4.79 Å². The van der Waals surface area contributed by atoms with Crippen molar-refractivity contribution in [2.75, 3.05) is 5.73 Å². The molecule has 3 heteroatoms. The normalized spacial score (nSPS) is 11.4. The highest BCUT2D eigenvalue weighted by Gasteiger charge is 2.16. The van der Waals surface area contributed by atoms with E-state index in [4.69, 9.17) is 17.3 Å². The lowest BCUT2D eigenvalue weighted by atomic mass is 9.86. The summed E-state index contributed by atoms with van der Waals surface area (Å²) in [6.45, 7) is 6.41. The van der Waals surface area contributed by atoms with Gasteiger partial charge in [0.1, 0.15) is 0 Å². The maximum atomic E-state index is 12.4. The third-order valence-corrected chi connectivity index (χ3v) is 3.64. The molecule has 0 bridgehead atoms. The van der Waals surface area contributed by atoms with Gasteiger partial charge in [0, 0.05) is 11.1 Å². The third kappa shape index (κ3) is 2.86. The number of para-hydroxylation sites is 1. The van der Waals surface area contributed by atoms with E-state index in [1.165, 1.54) is 5.56 Å². The monoisotopic (exact) mass is 287 g/mol. The minimum atomic E-state index is -0.106. The number of ketones is 1. The van der Waals surface area contributed by atoms with Crippen LogP contribution in [0.15, 0.2) is 42.5 Å². The van der Waals surface area contributed by atoms with Gasteiger partial charge in [0.15, 0.2) is 5.78 Å². The molecule has 0 saturated heterocycles. The highest BCUT2D eigenvalue weighted by atomic mass is 35.5. The van der Waals surface area contributed by atoms with Crippen LogP contribution in [0.25, 0.3) is 0 Å². The summed E-state index contributed by atoms with van der Waals surface area (Å²) in [7, 11) is 0. The van der Waals surface area contributed by atoms with E-state index in [0.717, 1.165) is 0 Å². The minimum absolute atomic E-state index is 0.0661. The number of anilines is 1. The van der Waals surface area contributed by atoms with Crippen LogP contribution in [0.3, 0.4) is 0 Å². The molecule has 0 spiro atoms. The van der Waals surface area contributed by atoms with Crippen molar-refractivity contribution in [1.29, 1.82) is 0 Å². The van der Waals surface area contributed by atoms with Crippen molar-refractivity contribution in [3.05, 3.63) is 64.2 Å². The third-order valence-electron chi connectivity index (χ3n) is 3.31. The van der Waals surface area contributed by atoms with Gasteiger partial charge in [0.05, 0.1) is 10.7 Å². The van der Waals surface area contributed by atoms with E-state index >= 15 is 0 Å². The lowest BCUT2D eigenvalue weighted by Gasteiger charge is -2.19. The summed E-state index contributed by atoms with van der Waals surface area (Å²) in [5.41, 5.74) is 8.52. The van der Waals surface area contributed by atoms with E-state index in [2.05, 4.69) is 20.8 Å². The predicted molar refractivity (Wildman–Crippen MR) is 84.4 cm³/mol. The molecule has 0 amide bonds. The molecule has 0 aliphatic heterocycles. The number of nitrogens with two attached hydrogens (primary N) is 1. The Morgan fingerprint density at radius 2 is 1.65 bits per heavy atom. The standard InChI is InChI=1S/C17H18ClNO/c1-17(2,3)12-9-7-11(8-10-12)16(20)13-5-4-6-14(18)15(13)19/h4-10H,19H2,1-3H3. The first kappa shape index (κ1) is 14.6. The predicted octanol–water partition coefficient (Wildman–Crippen LogP) is 4.45. The fourth-order valence-corrected chi connectivity index (χ4v) is 2.19. The summed E-state index contributed by atoms with van der Waals surface area (Å²) in [5, 5.41) is 0.405. The van der Waals surface area contributed by atoms with Crippen molar-refractivity contribution in [2.45, 2.75) is 26.2 Å². The maximum Gasteiger partial charge on any atom is 0.195 e. The summed E-state index contributed by atoms with van der Waals surface area (Å²) >= 11 is 5.95. The average molecular weight is 288 g/mol. The van der Waals surface area contributed by atoms with Gasteiger partial charge in [0.2, 0.25) is 0 Å². The molecular weight excluding hydrogens is 270 g/mol. The average Bonchev–Trinajstić information content (AvgIpc) is 2.40. The number of hydrogen-bond donors (Lipinski definition) is 1. The molecule has 2 rings (SSSR count). The van der Waals surface area contributed by atoms with Crippen LogP contribution >= 0.6 is 11.6 Å². The summed E-state index contributed by atoms with van der Waals surface area (Å²) < 4.78 is 0. The molecule has 0 fully saturated rings. The Hall–Kier alpha value is -1.80. The van der Waals surface area contributed by atoms with Crippen molar-refractivity contribution < 1.29 is 4.79 Å². The molecule has 0 aromatic heterocycles. The fraction of sp³-hybridized carbons (Fsp3) is 0.235. The zero-order valence-electron chi connectivity index (χ0n) is 11.9. The zero-order valence-corrected chi connectivity index (χ0v) is 12.7. The highest BCUT2D eigenvalue weighted by molar-refractivity contribution is 6.34. The molecular formula is C17H18ClNO. The molecule has 104 valence electrons. The van der Waals surface area contributed by atoms with Crippen molar-refractivity contribution in [3.63, 3.8) is 0 Å². The lowest BCUT2D eigenvalue weighted by Crippen LogP contribution is -2.12. The Kier molecular flexibility index (Phi) is 3.87. The number of halogens is 1. The van der Waals surface area contributed by atoms with Crippen LogP contribution in [-0.2, 0) is 5.41 Å². The fourth-order valence-electron chi connectivity index (χ4n) is 2.01. The molecule has 2 N–H and O–H groups in total. The van der Waals surface area contributed by atoms with E-state index in [-0.39, 0.29) is 11.2 Å². The smallest absolute Gasteiger partial charge is 0.195 e. The molecule has 0 aliphatic rings. The Bertz CT molecular complexity index is 639. The number of carbonyl (C=O) groups is 1. The lowest BCUT2D eigenvalue weighted by molar-refractivity contribution is 0.103. The van der Waals surface area contributed by atoms with E-state index in [0.29, 0.717) is 21.8 Å². The van der Waals surface area contributed by atoms with E-state index in [9.17, 15) is 4.79 Å². The first-order chi connectivity index (χ1) is 9.30. The molecule has 2 aromatic rings. The van der Waals surface area contributed by atoms with Gasteiger partial charge >= 0.3 is 0 Å². The maximum absolute atomic E-state index is 12.4. The van der Waals surface area contributed by atoms with Crippen LogP contribution in [0.1, 0.15) is 42.3 Å². The molecule has 2 nitrogen and oxygen atoms in total. The van der Waals surface area contributed by atoms with E-state index in [1.54, 1.807) is 18.2 Å². The quantitative estimate of drug-likeness (QED) is 0.655. The van der Waals surface area contributed by atoms with Gasteiger partial charge in [-0.25, -0.2) is 0 Å². The first-order valence-corrected chi connectivity index (χ1v) is 6.88. The Morgan fingerprint density at radius 3 is 2.20 bits per heavy atom. The second-order valence-corrected chi connectivity index (χ2v) is 6.26. The van der Waals surface area contributed by atoms with Gasteiger partial charge in [0.25, 0.3) is 0 Å². The number of rotatable bonds is 2. The van der Waals surface area contributed by atoms with Crippen LogP contribution in [0.2, 0.25) is 5.02 Å². The summed E-state index contributed by atoms with van der Waals surface area (Å²) in [6.07, 6.45) is 0. The van der Waals surface area contributed by atoms with Gasteiger partial charge in [-0.2, -0.15) is 0 Å². The van der Waals surface area contributed by atoms with E-state index < -0.39 is 0 Å². The summed E-state index contributed by atoms with van der Waals surface area (Å²) in [6, 6.07) is 12.7. The number of carbonyl (C=O) groups excluding carboxylic acids is 1. The number of hydrogen-bond acceptors (Lipinski definition) is 2. The highest BCUT2D eigenvalue weighted by Crippen LogP contribution is 2.26. The molecule has 0 saturated carbocycles. The Morgan fingerprint density at radius 1 is 1.05 bits per heavy atom. The van der Waals surface area contributed by atoms with Crippen molar-refractivity contribution in [2.24, 2.45) is 0 Å². The van der Waals surface area contributed by atoms with Crippen molar-refractivity contribution in [3.8, 4) is 0 Å². The summed E-state index contributed by atoms with van der Waals surface area (Å²) in [5.74, 6) is -0.106. The van der Waals surface area contributed by atoms with Crippen LogP contribution in [0.4, 0.5) is 5.69 Å². The summed E-state index contributed by atoms with van der Waals surface area (Å²) in [4.78, 5) is 12.4. The minimum Gasteiger partial charge on any atom is -0.397 e. The van der Waals surface area contributed by atoms with Crippen molar-refractivity contribution in [1.82, 2.24) is 0 Å². The molecule has 2 aromatic carbocycles. The SMILES string of the molecule is CC(C)(C)c1ccc(C(=O)c2cccc(Cl)c2N)cc1. The van der Waals surface area contributed by atoms with Crippen molar-refractivity contribution >= 4 is 23.1 Å². The molecule has 0 atom stereocenters. The molecule has 0 unspecified atom stereocenters. The van der Waals surface area contributed by atoms with Crippen LogP contribution in [0, 0.1) is 0 Å². The Balaban J connectivity index is 2.37. The zero-order chi connectivity index (χ0) is 14.9. The second kappa shape index (κ2) is 5.29. The molecule has 20 heavy (non-hydrogen) atoms. The number of nitrogen functional groups attached to an aromatic ring is 1. The first-order valence-electron chi connectivity index (χ1n) is 6.50. The van der Waals surface area contributed by atoms with Crippen LogP contribution in [0.5, 0.6) is 0 Å². The molecule has 0 heterocycles. The topological polar surface area (TPSA) is 43.1 Å². The Labute approximate surface area is 124 Å². The van der Waals surface area contributed by atoms with Crippen LogP contribution < -0.4 is 5.73 Å².